The van der Waals surface area contributed by atoms with Crippen molar-refractivity contribution in [2.24, 2.45) is 11.8 Å². The molecule has 0 spiro atoms. The molecule has 5 heteroatoms. The van der Waals surface area contributed by atoms with Crippen molar-refractivity contribution in [3.63, 3.8) is 0 Å². The van der Waals surface area contributed by atoms with Crippen LogP contribution in [0.1, 0.15) is 46.3 Å². The van der Waals surface area contributed by atoms with Crippen molar-refractivity contribution in [3.8, 4) is 5.75 Å². The van der Waals surface area contributed by atoms with E-state index in [0.717, 1.165) is 17.0 Å². The third-order valence-electron chi connectivity index (χ3n) is 5.37. The summed E-state index contributed by atoms with van der Waals surface area (Å²) in [5.74, 6) is -0.254. The number of hydrogen-bond donors (Lipinski definition) is 2. The number of esters is 1. The highest BCUT2D eigenvalue weighted by Gasteiger charge is 2.51. The number of anilines is 1. The van der Waals surface area contributed by atoms with Crippen LogP contribution in [0.15, 0.2) is 54.6 Å². The normalized spacial score (nSPS) is 15.5. The molecule has 2 aromatic carbocycles. The average molecular weight is 400 g/mol. The standard InChI is InChI=1S/C24H33NO4/c1-16(2)24(23(27)29-17(3)4,25-20-12-14-21(28-6)15-13-20)18(5)22(26)19-10-8-7-9-11-19/h7-18,22,25-26H,1-6H3/t18?,22-,24?/m1/s1. The van der Waals surface area contributed by atoms with Crippen molar-refractivity contribution < 1.29 is 19.4 Å². The lowest BCUT2D eigenvalue weighted by atomic mass is 9.72. The maximum Gasteiger partial charge on any atom is 0.332 e. The fraction of sp³-hybridized carbons (Fsp3) is 0.458. The van der Waals surface area contributed by atoms with Gasteiger partial charge in [0.15, 0.2) is 0 Å². The summed E-state index contributed by atoms with van der Waals surface area (Å²) in [4.78, 5) is 13.4. The lowest BCUT2D eigenvalue weighted by molar-refractivity contribution is -0.159. The SMILES string of the molecule is COc1ccc(NC(C(=O)OC(C)C)(C(C)C)C(C)[C@@H](O)c2ccccc2)cc1. The van der Waals surface area contributed by atoms with Crippen LogP contribution in [0, 0.1) is 11.8 Å². The number of ether oxygens (including phenoxy) is 2. The maximum absolute atomic E-state index is 13.4. The zero-order valence-corrected chi connectivity index (χ0v) is 18.2. The Hall–Kier alpha value is -2.53. The summed E-state index contributed by atoms with van der Waals surface area (Å²) in [7, 11) is 1.61. The zero-order valence-electron chi connectivity index (χ0n) is 18.2. The minimum Gasteiger partial charge on any atom is -0.497 e. The highest BCUT2D eigenvalue weighted by molar-refractivity contribution is 5.86. The number of rotatable bonds is 9. The molecule has 5 nitrogen and oxygen atoms in total. The first-order chi connectivity index (χ1) is 13.7. The number of carbonyl (C=O) groups excluding carboxylic acids is 1. The number of aliphatic hydroxyl groups excluding tert-OH is 1. The van der Waals surface area contributed by atoms with Crippen LogP contribution in [0.3, 0.4) is 0 Å². The molecule has 2 N–H and O–H groups in total. The van der Waals surface area contributed by atoms with Gasteiger partial charge < -0.3 is 19.9 Å². The Morgan fingerprint density at radius 2 is 1.55 bits per heavy atom. The second-order valence-electron chi connectivity index (χ2n) is 7.98. The predicted molar refractivity (Wildman–Crippen MR) is 116 cm³/mol. The molecule has 0 radical (unpaired) electrons. The summed E-state index contributed by atoms with van der Waals surface area (Å²) in [6.45, 7) is 9.47. The van der Waals surface area contributed by atoms with E-state index in [4.69, 9.17) is 9.47 Å². The second kappa shape index (κ2) is 9.79. The Morgan fingerprint density at radius 1 is 0.966 bits per heavy atom. The second-order valence-corrected chi connectivity index (χ2v) is 7.98. The van der Waals surface area contributed by atoms with Crippen LogP contribution in [-0.4, -0.2) is 29.8 Å². The Labute approximate surface area is 174 Å². The summed E-state index contributed by atoms with van der Waals surface area (Å²) < 4.78 is 10.9. The highest BCUT2D eigenvalue weighted by atomic mass is 16.5. The molecule has 0 bridgehead atoms. The monoisotopic (exact) mass is 399 g/mol. The van der Waals surface area contributed by atoms with Crippen molar-refractivity contribution in [2.45, 2.75) is 52.4 Å². The van der Waals surface area contributed by atoms with Crippen molar-refractivity contribution in [3.05, 3.63) is 60.2 Å². The van der Waals surface area contributed by atoms with Crippen LogP contribution < -0.4 is 10.1 Å². The smallest absolute Gasteiger partial charge is 0.332 e. The van der Waals surface area contributed by atoms with Gasteiger partial charge in [0.2, 0.25) is 0 Å². The molecule has 0 aliphatic heterocycles. The van der Waals surface area contributed by atoms with Crippen molar-refractivity contribution in [1.82, 2.24) is 0 Å². The summed E-state index contributed by atoms with van der Waals surface area (Å²) in [5, 5.41) is 14.6. The molecule has 0 aliphatic rings. The lowest BCUT2D eigenvalue weighted by Crippen LogP contribution is -2.58. The molecule has 0 heterocycles. The van der Waals surface area contributed by atoms with E-state index < -0.39 is 17.6 Å². The predicted octanol–water partition coefficient (Wildman–Crippen LogP) is 4.82. The Bertz CT molecular complexity index is 773. The third kappa shape index (κ3) is 5.10. The molecule has 29 heavy (non-hydrogen) atoms. The van der Waals surface area contributed by atoms with Gasteiger partial charge in [-0.2, -0.15) is 0 Å². The quantitative estimate of drug-likeness (QED) is 0.592. The molecular weight excluding hydrogens is 366 g/mol. The minimum absolute atomic E-state index is 0.149. The van der Waals surface area contributed by atoms with Gasteiger partial charge in [0.1, 0.15) is 11.3 Å². The lowest BCUT2D eigenvalue weighted by Gasteiger charge is -2.44. The number of methoxy groups -OCH3 is 1. The van der Waals surface area contributed by atoms with Gasteiger partial charge in [0.25, 0.3) is 0 Å². The molecule has 0 fully saturated rings. The van der Waals surface area contributed by atoms with Crippen molar-refractivity contribution >= 4 is 11.7 Å². The fourth-order valence-corrected chi connectivity index (χ4v) is 3.67. The summed E-state index contributed by atoms with van der Waals surface area (Å²) in [6.07, 6.45) is -1.11. The van der Waals surface area contributed by atoms with Gasteiger partial charge in [-0.1, -0.05) is 51.1 Å². The van der Waals surface area contributed by atoms with Gasteiger partial charge in [-0.25, -0.2) is 4.79 Å². The molecule has 3 atom stereocenters. The minimum atomic E-state index is -1.13. The average Bonchev–Trinajstić information content (AvgIpc) is 2.71. The Kier molecular flexibility index (Phi) is 7.68. The number of benzene rings is 2. The molecule has 2 rings (SSSR count). The van der Waals surface area contributed by atoms with E-state index in [1.54, 1.807) is 7.11 Å². The summed E-state index contributed by atoms with van der Waals surface area (Å²) in [6, 6.07) is 16.8. The van der Waals surface area contributed by atoms with Crippen LogP contribution >= 0.6 is 0 Å². The van der Waals surface area contributed by atoms with Crippen molar-refractivity contribution in [1.29, 1.82) is 0 Å². The van der Waals surface area contributed by atoms with Crippen LogP contribution in [0.25, 0.3) is 0 Å². The first kappa shape index (κ1) is 22.8. The van der Waals surface area contributed by atoms with Gasteiger partial charge in [0.05, 0.1) is 19.3 Å². The maximum atomic E-state index is 13.4. The van der Waals surface area contributed by atoms with Crippen molar-refractivity contribution in [2.75, 3.05) is 12.4 Å². The molecule has 0 saturated heterocycles. The fourth-order valence-electron chi connectivity index (χ4n) is 3.67. The van der Waals surface area contributed by atoms with Gasteiger partial charge >= 0.3 is 5.97 Å². The van der Waals surface area contributed by atoms with E-state index in [1.807, 2.05) is 89.2 Å². The first-order valence-corrected chi connectivity index (χ1v) is 10.1. The van der Waals surface area contributed by atoms with E-state index in [1.165, 1.54) is 0 Å². The van der Waals surface area contributed by atoms with Gasteiger partial charge in [-0.05, 0) is 49.6 Å². The first-order valence-electron chi connectivity index (χ1n) is 10.1. The highest BCUT2D eigenvalue weighted by Crippen LogP contribution is 2.39. The van der Waals surface area contributed by atoms with Gasteiger partial charge in [0, 0.05) is 11.6 Å². The topological polar surface area (TPSA) is 67.8 Å². The van der Waals surface area contributed by atoms with E-state index >= 15 is 0 Å². The Morgan fingerprint density at radius 3 is 2.03 bits per heavy atom. The van der Waals surface area contributed by atoms with Gasteiger partial charge in [-0.15, -0.1) is 0 Å². The summed E-state index contributed by atoms with van der Waals surface area (Å²) >= 11 is 0. The van der Waals surface area contributed by atoms with E-state index in [9.17, 15) is 9.90 Å². The van der Waals surface area contributed by atoms with Crippen LogP contribution in [0.4, 0.5) is 5.69 Å². The van der Waals surface area contributed by atoms with Gasteiger partial charge in [-0.3, -0.25) is 0 Å². The third-order valence-corrected chi connectivity index (χ3v) is 5.37. The zero-order chi connectivity index (χ0) is 21.6. The van der Waals surface area contributed by atoms with Crippen LogP contribution in [-0.2, 0) is 9.53 Å². The number of aliphatic hydroxyl groups is 1. The summed E-state index contributed by atoms with van der Waals surface area (Å²) in [5.41, 5.74) is 0.389. The molecular formula is C24H33NO4. The largest absolute Gasteiger partial charge is 0.497 e. The molecule has 0 saturated carbocycles. The van der Waals surface area contributed by atoms with E-state index in [-0.39, 0.29) is 18.0 Å². The number of carbonyl (C=O) groups is 1. The number of nitrogens with one attached hydrogen (secondary N) is 1. The van der Waals surface area contributed by atoms with Crippen LogP contribution in [0.2, 0.25) is 0 Å². The van der Waals surface area contributed by atoms with Crippen LogP contribution in [0.5, 0.6) is 5.75 Å². The Balaban J connectivity index is 2.50. The molecule has 158 valence electrons. The number of hydrogen-bond acceptors (Lipinski definition) is 5. The molecule has 2 aromatic rings. The molecule has 0 amide bonds. The van der Waals surface area contributed by atoms with E-state index in [0.29, 0.717) is 0 Å². The molecule has 0 aliphatic carbocycles. The van der Waals surface area contributed by atoms with E-state index in [2.05, 4.69) is 5.32 Å². The molecule has 0 aromatic heterocycles. The molecule has 2 unspecified atom stereocenters.